The van der Waals surface area contributed by atoms with Gasteiger partial charge in [0.05, 0.1) is 10.6 Å². The number of halogens is 1. The molecule has 1 heterocycles. The molecule has 1 fully saturated rings. The molecule has 21 heavy (non-hydrogen) atoms. The van der Waals surface area contributed by atoms with Crippen molar-refractivity contribution in [3.63, 3.8) is 0 Å². The third-order valence-electron chi connectivity index (χ3n) is 3.60. The highest BCUT2D eigenvalue weighted by Gasteiger charge is 2.27. The largest absolute Gasteiger partial charge is 0.369 e. The van der Waals surface area contributed by atoms with E-state index >= 15 is 0 Å². The summed E-state index contributed by atoms with van der Waals surface area (Å²) in [4.78, 5) is 18.6. The Morgan fingerprint density at radius 1 is 1.48 bits per heavy atom. The summed E-state index contributed by atoms with van der Waals surface area (Å²) >= 11 is 6.10. The van der Waals surface area contributed by atoms with Gasteiger partial charge in [-0.25, -0.2) is 4.98 Å². The van der Waals surface area contributed by atoms with Crippen LogP contribution in [-0.4, -0.2) is 48.0 Å². The van der Waals surface area contributed by atoms with E-state index in [0.717, 1.165) is 25.7 Å². The number of carbonyl (C=O) groups is 1. The van der Waals surface area contributed by atoms with Crippen LogP contribution in [0, 0.1) is 0 Å². The number of likely N-dealkylation sites (N-methyl/N-ethyl adjacent to an activating group) is 1. The normalized spacial score (nSPS) is 14.3. The number of hydrogen-bond donors (Lipinski definition) is 2. The molecule has 0 unspecified atom stereocenters. The average molecular weight is 311 g/mol. The predicted octanol–water partition coefficient (Wildman–Crippen LogP) is 2.38. The van der Waals surface area contributed by atoms with Crippen molar-refractivity contribution in [1.29, 1.82) is 0 Å². The van der Waals surface area contributed by atoms with Gasteiger partial charge in [0, 0.05) is 31.9 Å². The van der Waals surface area contributed by atoms with E-state index in [2.05, 4.69) is 27.4 Å². The lowest BCUT2D eigenvalue weighted by Crippen LogP contribution is -2.36. The zero-order valence-corrected chi connectivity index (χ0v) is 13.4. The number of anilines is 1. The van der Waals surface area contributed by atoms with Gasteiger partial charge in [-0.05, 0) is 32.4 Å². The van der Waals surface area contributed by atoms with Crippen molar-refractivity contribution >= 4 is 23.3 Å². The minimum Gasteiger partial charge on any atom is -0.369 e. The van der Waals surface area contributed by atoms with Crippen LogP contribution in [0.15, 0.2) is 12.3 Å². The molecule has 0 aliphatic heterocycles. The Balaban J connectivity index is 1.83. The van der Waals surface area contributed by atoms with Crippen molar-refractivity contribution in [2.24, 2.45) is 0 Å². The molecule has 1 aliphatic rings. The molecule has 2 rings (SSSR count). The van der Waals surface area contributed by atoms with Gasteiger partial charge >= 0.3 is 0 Å². The van der Waals surface area contributed by atoms with E-state index in [-0.39, 0.29) is 5.91 Å². The summed E-state index contributed by atoms with van der Waals surface area (Å²) in [5.74, 6) is 0.487. The van der Waals surface area contributed by atoms with Crippen LogP contribution in [0.25, 0.3) is 0 Å². The quantitative estimate of drug-likeness (QED) is 0.774. The van der Waals surface area contributed by atoms with Crippen molar-refractivity contribution in [1.82, 2.24) is 15.2 Å². The van der Waals surface area contributed by atoms with Crippen molar-refractivity contribution in [3.8, 4) is 0 Å². The fraction of sp³-hybridized carbons (Fsp3) is 0.600. The van der Waals surface area contributed by atoms with E-state index in [4.69, 9.17) is 11.6 Å². The molecule has 1 amide bonds. The predicted molar refractivity (Wildman–Crippen MR) is 86.0 cm³/mol. The summed E-state index contributed by atoms with van der Waals surface area (Å²) in [5.41, 5.74) is 0.496. The first-order valence-corrected chi connectivity index (χ1v) is 7.95. The maximum absolute atomic E-state index is 12.1. The van der Waals surface area contributed by atoms with Crippen LogP contribution in [0.5, 0.6) is 0 Å². The zero-order valence-electron chi connectivity index (χ0n) is 12.7. The first-order valence-electron chi connectivity index (χ1n) is 7.57. The van der Waals surface area contributed by atoms with Crippen molar-refractivity contribution in [2.75, 3.05) is 31.5 Å². The Kier molecular flexibility index (Phi) is 5.82. The van der Waals surface area contributed by atoms with Gasteiger partial charge in [0.15, 0.2) is 0 Å². The monoisotopic (exact) mass is 310 g/mol. The van der Waals surface area contributed by atoms with E-state index < -0.39 is 0 Å². The number of hydrogen-bond acceptors (Lipinski definition) is 4. The van der Waals surface area contributed by atoms with Crippen molar-refractivity contribution in [2.45, 2.75) is 32.7 Å². The van der Waals surface area contributed by atoms with Gasteiger partial charge in [0.1, 0.15) is 5.82 Å². The number of carbonyl (C=O) groups excluding carboxylic acids is 1. The molecule has 6 heteroatoms. The maximum atomic E-state index is 12.1. The highest BCUT2D eigenvalue weighted by atomic mass is 35.5. The third kappa shape index (κ3) is 4.58. The first kappa shape index (κ1) is 16.0. The summed E-state index contributed by atoms with van der Waals surface area (Å²) < 4.78 is 0. The highest BCUT2D eigenvalue weighted by Crippen LogP contribution is 2.25. The molecule has 0 spiro atoms. The third-order valence-corrected chi connectivity index (χ3v) is 3.89. The van der Waals surface area contributed by atoms with E-state index in [0.29, 0.717) is 22.9 Å². The second-order valence-corrected chi connectivity index (χ2v) is 5.61. The molecule has 0 saturated heterocycles. The Morgan fingerprint density at radius 3 is 2.81 bits per heavy atom. The number of amides is 1. The lowest BCUT2D eigenvalue weighted by Gasteiger charge is -2.19. The minimum absolute atomic E-state index is 0.126. The van der Waals surface area contributed by atoms with Gasteiger partial charge in [-0.2, -0.15) is 0 Å². The molecule has 5 nitrogen and oxygen atoms in total. The minimum atomic E-state index is -0.126. The second kappa shape index (κ2) is 7.61. The molecular formula is C15H23ClN4O. The Bertz CT molecular complexity index is 491. The van der Waals surface area contributed by atoms with E-state index in [1.807, 2.05) is 6.92 Å². The number of nitrogens with one attached hydrogen (secondary N) is 2. The molecule has 0 atom stereocenters. The Hall–Kier alpha value is -1.33. The molecule has 1 aliphatic carbocycles. The Morgan fingerprint density at radius 2 is 2.24 bits per heavy atom. The molecule has 1 aromatic rings. The number of pyridine rings is 1. The lowest BCUT2D eigenvalue weighted by atomic mass is 10.2. The summed E-state index contributed by atoms with van der Waals surface area (Å²) in [6, 6.07) is 2.38. The molecule has 1 aromatic heterocycles. The van der Waals surface area contributed by atoms with Gasteiger partial charge < -0.3 is 10.6 Å². The summed E-state index contributed by atoms with van der Waals surface area (Å²) in [6.07, 6.45) is 4.12. The first-order chi connectivity index (χ1) is 10.2. The zero-order chi connectivity index (χ0) is 15.2. The van der Waals surface area contributed by atoms with Crippen LogP contribution in [0.2, 0.25) is 5.02 Å². The van der Waals surface area contributed by atoms with Gasteiger partial charge in [0.25, 0.3) is 5.91 Å². The van der Waals surface area contributed by atoms with Crippen LogP contribution in [-0.2, 0) is 0 Å². The van der Waals surface area contributed by atoms with Crippen LogP contribution in [0.4, 0.5) is 5.82 Å². The van der Waals surface area contributed by atoms with Crippen molar-refractivity contribution in [3.05, 3.63) is 22.8 Å². The van der Waals surface area contributed by atoms with E-state index in [1.165, 1.54) is 12.8 Å². The molecule has 116 valence electrons. The molecule has 0 aromatic carbocycles. The maximum Gasteiger partial charge on any atom is 0.252 e. The van der Waals surface area contributed by atoms with Crippen LogP contribution in [0.3, 0.4) is 0 Å². The van der Waals surface area contributed by atoms with Gasteiger partial charge in [-0.1, -0.05) is 18.5 Å². The Labute approximate surface area is 131 Å². The SMILES string of the molecule is CCNc1ncc(C(=O)NCCN(CC)C2CC2)cc1Cl. The summed E-state index contributed by atoms with van der Waals surface area (Å²) in [6.45, 7) is 7.44. The smallest absolute Gasteiger partial charge is 0.252 e. The van der Waals surface area contributed by atoms with E-state index in [9.17, 15) is 4.79 Å². The molecular weight excluding hydrogens is 288 g/mol. The molecule has 2 N–H and O–H groups in total. The van der Waals surface area contributed by atoms with Gasteiger partial charge in [0.2, 0.25) is 0 Å². The van der Waals surface area contributed by atoms with E-state index in [1.54, 1.807) is 12.3 Å². The van der Waals surface area contributed by atoms with Crippen LogP contribution in [0.1, 0.15) is 37.0 Å². The number of nitrogens with zero attached hydrogens (tertiary/aromatic N) is 2. The fourth-order valence-electron chi connectivity index (χ4n) is 2.31. The van der Waals surface area contributed by atoms with Gasteiger partial charge in [-0.15, -0.1) is 0 Å². The van der Waals surface area contributed by atoms with Crippen LogP contribution >= 0.6 is 11.6 Å². The lowest BCUT2D eigenvalue weighted by molar-refractivity contribution is 0.0947. The summed E-state index contributed by atoms with van der Waals surface area (Å²) in [7, 11) is 0. The average Bonchev–Trinajstić information content (AvgIpc) is 3.30. The van der Waals surface area contributed by atoms with Gasteiger partial charge in [-0.3, -0.25) is 9.69 Å². The molecule has 0 radical (unpaired) electrons. The standard InChI is InChI=1S/C15H23ClN4O/c1-3-17-14-13(16)9-11(10-19-14)15(21)18-7-8-20(4-2)12-5-6-12/h9-10,12H,3-8H2,1-2H3,(H,17,19)(H,18,21). The fourth-order valence-corrected chi connectivity index (χ4v) is 2.55. The van der Waals surface area contributed by atoms with Crippen molar-refractivity contribution < 1.29 is 4.79 Å². The molecule has 0 bridgehead atoms. The second-order valence-electron chi connectivity index (χ2n) is 5.20. The molecule has 1 saturated carbocycles. The number of rotatable bonds is 8. The summed E-state index contributed by atoms with van der Waals surface area (Å²) in [5, 5.41) is 6.44. The topological polar surface area (TPSA) is 57.3 Å². The number of aromatic nitrogens is 1. The highest BCUT2D eigenvalue weighted by molar-refractivity contribution is 6.33. The van der Waals surface area contributed by atoms with Crippen LogP contribution < -0.4 is 10.6 Å².